The Bertz CT molecular complexity index is 1440. The fourth-order valence-corrected chi connectivity index (χ4v) is 6.29. The van der Waals surface area contributed by atoms with Crippen LogP contribution in [0.3, 0.4) is 0 Å². The van der Waals surface area contributed by atoms with Gasteiger partial charge in [-0.05, 0) is 48.7 Å². The molecule has 41 heavy (non-hydrogen) atoms. The highest BCUT2D eigenvalue weighted by Crippen LogP contribution is 2.47. The molecule has 0 amide bonds. The highest BCUT2D eigenvalue weighted by molar-refractivity contribution is 7.10. The number of carbonyl (C=O) groups excluding carboxylic acids is 1. The molecule has 2 aliphatic rings. The standard InChI is InChI=1S/C29H31F3N4O4S/c1-18-17-34(11-12-35(18)20-6-5-7-21(15-20)38-2)28-33-22-10-13-41-27(22)24(16-26(37)40-4)36(28)23-14-19(29(30,31)32)8-9-25(23)39-3/h5-10,13-15,18,24H,11-12,16-17H2,1-4H3/t18-,24?/m1/s1. The Labute approximate surface area is 240 Å². The van der Waals surface area contributed by atoms with Crippen LogP contribution in [0.1, 0.15) is 29.8 Å². The van der Waals surface area contributed by atoms with E-state index in [2.05, 4.69) is 16.7 Å². The highest BCUT2D eigenvalue weighted by Gasteiger charge is 2.41. The summed E-state index contributed by atoms with van der Waals surface area (Å²) in [6.45, 7) is 3.81. The SMILES string of the molecule is COC(=O)CC1c2sccc2N=C(N2CCN(c3cccc(OC)c3)[C@H](C)C2)N1c1cc(C(F)(F)F)ccc1OC. The van der Waals surface area contributed by atoms with Gasteiger partial charge in [0.1, 0.15) is 11.5 Å². The van der Waals surface area contributed by atoms with E-state index in [1.807, 2.05) is 35.7 Å². The first kappa shape index (κ1) is 28.6. The number of halogens is 3. The van der Waals surface area contributed by atoms with Gasteiger partial charge in [0.05, 0.1) is 55.6 Å². The zero-order valence-corrected chi connectivity index (χ0v) is 24.0. The van der Waals surface area contributed by atoms with E-state index in [1.165, 1.54) is 31.6 Å². The van der Waals surface area contributed by atoms with Gasteiger partial charge in [-0.2, -0.15) is 13.2 Å². The third-order valence-electron chi connectivity index (χ3n) is 7.37. The Morgan fingerprint density at radius 1 is 1.07 bits per heavy atom. The second-order valence-corrected chi connectivity index (χ2v) is 10.8. The number of benzene rings is 2. The number of aliphatic imine (C=N–C) groups is 1. The first-order valence-electron chi connectivity index (χ1n) is 13.1. The van der Waals surface area contributed by atoms with Crippen LogP contribution >= 0.6 is 11.3 Å². The number of ether oxygens (including phenoxy) is 3. The van der Waals surface area contributed by atoms with Gasteiger partial charge in [0.25, 0.3) is 0 Å². The molecule has 3 aromatic rings. The third-order valence-corrected chi connectivity index (χ3v) is 8.38. The molecule has 2 aromatic carbocycles. The number of hydrogen-bond donors (Lipinski definition) is 0. The number of alkyl halides is 3. The van der Waals surface area contributed by atoms with Gasteiger partial charge in [0.2, 0.25) is 5.96 Å². The molecule has 0 radical (unpaired) electrons. The lowest BCUT2D eigenvalue weighted by Crippen LogP contribution is -2.58. The Kier molecular flexibility index (Phi) is 8.03. The molecule has 1 aromatic heterocycles. The van der Waals surface area contributed by atoms with Gasteiger partial charge < -0.3 is 24.0 Å². The van der Waals surface area contributed by atoms with Crippen molar-refractivity contribution in [3.8, 4) is 11.5 Å². The molecule has 2 atom stereocenters. The number of nitrogens with zero attached hydrogens (tertiary/aromatic N) is 4. The normalized spacial score (nSPS) is 19.0. The second-order valence-electron chi connectivity index (χ2n) is 9.82. The van der Waals surface area contributed by atoms with Crippen LogP contribution in [0, 0.1) is 0 Å². The van der Waals surface area contributed by atoms with Gasteiger partial charge >= 0.3 is 12.1 Å². The van der Waals surface area contributed by atoms with Gasteiger partial charge in [-0.15, -0.1) is 11.3 Å². The summed E-state index contributed by atoms with van der Waals surface area (Å²) in [5.74, 6) is 0.971. The Balaban J connectivity index is 1.58. The van der Waals surface area contributed by atoms with E-state index in [0.29, 0.717) is 31.3 Å². The molecule has 8 nitrogen and oxygen atoms in total. The fraction of sp³-hybridized carbons (Fsp3) is 0.379. The van der Waals surface area contributed by atoms with Crippen molar-refractivity contribution in [2.75, 3.05) is 50.8 Å². The number of fused-ring (bicyclic) bond motifs is 1. The van der Waals surface area contributed by atoms with Crippen LogP contribution < -0.4 is 19.3 Å². The number of carbonyl (C=O) groups is 1. The minimum Gasteiger partial charge on any atom is -0.497 e. The van der Waals surface area contributed by atoms with Crippen LogP contribution in [0.15, 0.2) is 58.9 Å². The maximum Gasteiger partial charge on any atom is 0.416 e. The average molecular weight is 589 g/mol. The van der Waals surface area contributed by atoms with E-state index in [0.717, 1.165) is 28.4 Å². The molecular weight excluding hydrogens is 557 g/mol. The van der Waals surface area contributed by atoms with E-state index < -0.39 is 23.8 Å². The van der Waals surface area contributed by atoms with E-state index in [9.17, 15) is 18.0 Å². The van der Waals surface area contributed by atoms with E-state index >= 15 is 0 Å². The number of guanidine groups is 1. The first-order valence-corrected chi connectivity index (χ1v) is 14.0. The largest absolute Gasteiger partial charge is 0.497 e. The minimum atomic E-state index is -4.57. The molecule has 1 fully saturated rings. The maximum absolute atomic E-state index is 13.9. The molecule has 0 aliphatic carbocycles. The highest BCUT2D eigenvalue weighted by atomic mass is 32.1. The summed E-state index contributed by atoms with van der Waals surface area (Å²) >= 11 is 1.40. The molecule has 0 bridgehead atoms. The minimum absolute atomic E-state index is 0.0340. The Hall–Kier alpha value is -3.93. The zero-order valence-electron chi connectivity index (χ0n) is 23.1. The summed E-state index contributed by atoms with van der Waals surface area (Å²) in [4.78, 5) is 24.4. The van der Waals surface area contributed by atoms with Gasteiger partial charge in [0.15, 0.2) is 0 Å². The number of piperazine rings is 1. The van der Waals surface area contributed by atoms with Crippen molar-refractivity contribution < 1.29 is 32.2 Å². The van der Waals surface area contributed by atoms with Gasteiger partial charge in [0, 0.05) is 37.4 Å². The van der Waals surface area contributed by atoms with Gasteiger partial charge in [-0.25, -0.2) is 4.99 Å². The molecule has 0 N–H and O–H groups in total. The number of rotatable bonds is 6. The first-order chi connectivity index (χ1) is 19.6. The van der Waals surface area contributed by atoms with Crippen LogP contribution in [0.2, 0.25) is 0 Å². The topological polar surface area (TPSA) is 66.8 Å². The fourth-order valence-electron chi connectivity index (χ4n) is 5.36. The Morgan fingerprint density at radius 3 is 2.56 bits per heavy atom. The van der Waals surface area contributed by atoms with Crippen molar-refractivity contribution in [1.29, 1.82) is 0 Å². The predicted octanol–water partition coefficient (Wildman–Crippen LogP) is 6.11. The molecule has 0 saturated carbocycles. The number of methoxy groups -OCH3 is 3. The Morgan fingerprint density at radius 2 is 1.88 bits per heavy atom. The molecule has 3 heterocycles. The van der Waals surface area contributed by atoms with Crippen LogP contribution in [-0.2, 0) is 15.7 Å². The monoisotopic (exact) mass is 588 g/mol. The van der Waals surface area contributed by atoms with Gasteiger partial charge in [-0.3, -0.25) is 9.69 Å². The lowest BCUT2D eigenvalue weighted by molar-refractivity contribution is -0.141. The summed E-state index contributed by atoms with van der Waals surface area (Å²) in [5, 5.41) is 1.87. The second kappa shape index (κ2) is 11.5. The van der Waals surface area contributed by atoms with E-state index in [1.54, 1.807) is 12.0 Å². The van der Waals surface area contributed by atoms with Crippen LogP contribution in [0.4, 0.5) is 30.2 Å². The number of anilines is 2. The summed E-state index contributed by atoms with van der Waals surface area (Å²) in [6.07, 6.45) is -4.65. The molecule has 12 heteroatoms. The van der Waals surface area contributed by atoms with Crippen LogP contribution in [0.25, 0.3) is 0 Å². The smallest absolute Gasteiger partial charge is 0.416 e. The summed E-state index contributed by atoms with van der Waals surface area (Å²) in [7, 11) is 4.33. The van der Waals surface area contributed by atoms with Crippen molar-refractivity contribution in [2.45, 2.75) is 31.6 Å². The number of esters is 1. The molecule has 218 valence electrons. The van der Waals surface area contributed by atoms with Crippen LogP contribution in [-0.4, -0.2) is 63.8 Å². The van der Waals surface area contributed by atoms with Crippen molar-refractivity contribution in [1.82, 2.24) is 4.90 Å². The predicted molar refractivity (Wildman–Crippen MR) is 153 cm³/mol. The maximum atomic E-state index is 13.9. The summed E-state index contributed by atoms with van der Waals surface area (Å²) in [5.41, 5.74) is 1.06. The van der Waals surface area contributed by atoms with Gasteiger partial charge in [-0.1, -0.05) is 6.07 Å². The number of thiophene rings is 1. The third kappa shape index (κ3) is 5.65. The van der Waals surface area contributed by atoms with E-state index in [-0.39, 0.29) is 23.9 Å². The van der Waals surface area contributed by atoms with Crippen molar-refractivity contribution in [3.63, 3.8) is 0 Å². The molecule has 1 saturated heterocycles. The van der Waals surface area contributed by atoms with Crippen molar-refractivity contribution >= 4 is 40.3 Å². The quantitative estimate of drug-likeness (QED) is 0.322. The van der Waals surface area contributed by atoms with Crippen molar-refractivity contribution in [2.24, 2.45) is 4.99 Å². The van der Waals surface area contributed by atoms with Crippen LogP contribution in [0.5, 0.6) is 11.5 Å². The molecule has 2 aliphatic heterocycles. The molecule has 1 unspecified atom stereocenters. The molecule has 0 spiro atoms. The lowest BCUT2D eigenvalue weighted by atomic mass is 10.0. The summed E-state index contributed by atoms with van der Waals surface area (Å²) in [6, 6.07) is 12.4. The lowest BCUT2D eigenvalue weighted by Gasteiger charge is -2.47. The molecule has 5 rings (SSSR count). The van der Waals surface area contributed by atoms with Crippen molar-refractivity contribution in [3.05, 3.63) is 64.4 Å². The summed E-state index contributed by atoms with van der Waals surface area (Å²) < 4.78 is 57.6. The zero-order chi connectivity index (χ0) is 29.3. The van der Waals surface area contributed by atoms with E-state index in [4.69, 9.17) is 19.2 Å². The average Bonchev–Trinajstić information content (AvgIpc) is 3.45. The molecular formula is C29H31F3N4O4S. The number of hydrogen-bond acceptors (Lipinski definition) is 9.